The molecule has 0 spiro atoms. The average Bonchev–Trinajstić information content (AvgIpc) is 2.84. The smallest absolute Gasteiger partial charge is 0.232 e. The average molecular weight is 358 g/mol. The molecule has 108 valence electrons. The van der Waals surface area contributed by atoms with Gasteiger partial charge in [-0.1, -0.05) is 13.3 Å². The Hall–Kier alpha value is -1.34. The minimum atomic E-state index is -3.25. The van der Waals surface area contributed by atoms with Crippen molar-refractivity contribution in [1.29, 1.82) is 0 Å². The van der Waals surface area contributed by atoms with Crippen LogP contribution in [0, 0.1) is 0 Å². The molecule has 7 heteroatoms. The van der Waals surface area contributed by atoms with E-state index < -0.39 is 10.0 Å². The summed E-state index contributed by atoms with van der Waals surface area (Å²) >= 11 is 3.33. The minimum absolute atomic E-state index is 0.150. The van der Waals surface area contributed by atoms with Crippen molar-refractivity contribution in [3.8, 4) is 5.69 Å². The second-order valence-corrected chi connectivity index (χ2v) is 7.18. The van der Waals surface area contributed by atoms with Crippen molar-refractivity contribution in [2.45, 2.75) is 19.8 Å². The van der Waals surface area contributed by atoms with E-state index in [1.165, 1.54) is 0 Å². The minimum Gasteiger partial charge on any atom is -0.284 e. The largest absolute Gasteiger partial charge is 0.284 e. The maximum atomic E-state index is 11.8. The summed E-state index contributed by atoms with van der Waals surface area (Å²) in [6.45, 7) is 1.96. The van der Waals surface area contributed by atoms with Crippen LogP contribution in [0.25, 0.3) is 5.69 Å². The fourth-order valence-electron chi connectivity index (χ4n) is 1.69. The topological polar surface area (TPSA) is 64.0 Å². The van der Waals surface area contributed by atoms with E-state index in [1.807, 2.05) is 25.3 Å². The number of nitrogens with one attached hydrogen (secondary N) is 1. The molecule has 0 aliphatic heterocycles. The summed E-state index contributed by atoms with van der Waals surface area (Å²) in [6.07, 6.45) is 5.05. The maximum absolute atomic E-state index is 11.8. The molecule has 0 saturated carbocycles. The molecule has 0 aliphatic rings. The van der Waals surface area contributed by atoms with Crippen LogP contribution < -0.4 is 4.72 Å². The zero-order chi connectivity index (χ0) is 14.6. The van der Waals surface area contributed by atoms with Gasteiger partial charge in [0.15, 0.2) is 0 Å². The standard InChI is InChI=1S/C13H16BrN3O2S/c1-2-3-8-20(18,19)16-12-4-6-13(7-5-12)17-10-11(14)9-15-17/h4-7,9-10,16H,2-3,8H2,1H3. The predicted molar refractivity (Wildman–Crippen MR) is 83.6 cm³/mol. The molecule has 0 amide bonds. The van der Waals surface area contributed by atoms with Crippen LogP contribution in [0.4, 0.5) is 5.69 Å². The lowest BCUT2D eigenvalue weighted by atomic mass is 10.3. The van der Waals surface area contributed by atoms with Gasteiger partial charge in [0, 0.05) is 11.9 Å². The third-order valence-corrected chi connectivity index (χ3v) is 4.51. The van der Waals surface area contributed by atoms with Gasteiger partial charge >= 0.3 is 0 Å². The van der Waals surface area contributed by atoms with E-state index in [4.69, 9.17) is 0 Å². The second-order valence-electron chi connectivity index (χ2n) is 4.42. The van der Waals surface area contributed by atoms with Crippen molar-refractivity contribution in [1.82, 2.24) is 9.78 Å². The zero-order valence-electron chi connectivity index (χ0n) is 11.1. The molecule has 0 bridgehead atoms. The van der Waals surface area contributed by atoms with E-state index in [2.05, 4.69) is 25.8 Å². The first-order valence-electron chi connectivity index (χ1n) is 6.31. The normalized spacial score (nSPS) is 11.5. The summed E-state index contributed by atoms with van der Waals surface area (Å²) in [5.74, 6) is 0.150. The molecule has 0 radical (unpaired) electrons. The summed E-state index contributed by atoms with van der Waals surface area (Å²) in [6, 6.07) is 7.09. The van der Waals surface area contributed by atoms with Crippen LogP contribution >= 0.6 is 15.9 Å². The van der Waals surface area contributed by atoms with E-state index in [0.29, 0.717) is 12.1 Å². The molecule has 0 aliphatic carbocycles. The van der Waals surface area contributed by atoms with Gasteiger partial charge < -0.3 is 0 Å². The Morgan fingerprint density at radius 2 is 2.00 bits per heavy atom. The van der Waals surface area contributed by atoms with Crippen LogP contribution in [0.2, 0.25) is 0 Å². The molecular weight excluding hydrogens is 342 g/mol. The van der Waals surface area contributed by atoms with Crippen molar-refractivity contribution in [2.24, 2.45) is 0 Å². The van der Waals surface area contributed by atoms with Crippen LogP contribution in [-0.4, -0.2) is 24.0 Å². The van der Waals surface area contributed by atoms with Crippen LogP contribution in [0.1, 0.15) is 19.8 Å². The number of halogens is 1. The molecule has 1 heterocycles. The SMILES string of the molecule is CCCCS(=O)(=O)Nc1ccc(-n2cc(Br)cn2)cc1. The summed E-state index contributed by atoms with van der Waals surface area (Å²) in [4.78, 5) is 0. The number of unbranched alkanes of at least 4 members (excludes halogenated alkanes) is 1. The molecule has 2 aromatic rings. The number of rotatable bonds is 6. The van der Waals surface area contributed by atoms with Crippen molar-refractivity contribution in [3.63, 3.8) is 0 Å². The number of benzene rings is 1. The highest BCUT2D eigenvalue weighted by Gasteiger charge is 2.09. The van der Waals surface area contributed by atoms with E-state index in [1.54, 1.807) is 23.0 Å². The van der Waals surface area contributed by atoms with Gasteiger partial charge in [-0.3, -0.25) is 4.72 Å². The Balaban J connectivity index is 2.09. The monoisotopic (exact) mass is 357 g/mol. The fourth-order valence-corrected chi connectivity index (χ4v) is 3.24. The Labute approximate surface area is 127 Å². The summed E-state index contributed by atoms with van der Waals surface area (Å²) < 4.78 is 28.7. The van der Waals surface area contributed by atoms with Gasteiger partial charge in [0.05, 0.1) is 22.1 Å². The van der Waals surface area contributed by atoms with Gasteiger partial charge in [-0.05, 0) is 46.6 Å². The van der Waals surface area contributed by atoms with Crippen LogP contribution in [0.5, 0.6) is 0 Å². The first-order valence-corrected chi connectivity index (χ1v) is 8.76. The van der Waals surface area contributed by atoms with Gasteiger partial charge in [-0.25, -0.2) is 13.1 Å². The quantitative estimate of drug-likeness (QED) is 0.863. The molecule has 0 fully saturated rings. The first-order chi connectivity index (χ1) is 9.50. The summed E-state index contributed by atoms with van der Waals surface area (Å²) in [7, 11) is -3.25. The molecule has 5 nitrogen and oxygen atoms in total. The fraction of sp³-hybridized carbons (Fsp3) is 0.308. The van der Waals surface area contributed by atoms with Crippen LogP contribution in [0.3, 0.4) is 0 Å². The Bertz CT molecular complexity index is 665. The number of sulfonamides is 1. The molecular formula is C13H16BrN3O2S. The van der Waals surface area contributed by atoms with E-state index in [-0.39, 0.29) is 5.75 Å². The molecule has 1 aromatic carbocycles. The van der Waals surface area contributed by atoms with Gasteiger partial charge in [0.1, 0.15) is 0 Å². The number of aromatic nitrogens is 2. The Morgan fingerprint density at radius 3 is 2.55 bits per heavy atom. The lowest BCUT2D eigenvalue weighted by Crippen LogP contribution is -2.16. The molecule has 1 aromatic heterocycles. The summed E-state index contributed by atoms with van der Waals surface area (Å²) in [5.41, 5.74) is 1.43. The number of hydrogen-bond acceptors (Lipinski definition) is 3. The Morgan fingerprint density at radius 1 is 1.30 bits per heavy atom. The van der Waals surface area contributed by atoms with Gasteiger partial charge in [0.2, 0.25) is 10.0 Å². The van der Waals surface area contributed by atoms with E-state index in [9.17, 15) is 8.42 Å². The van der Waals surface area contributed by atoms with Crippen molar-refractivity contribution in [3.05, 3.63) is 41.1 Å². The van der Waals surface area contributed by atoms with Gasteiger partial charge in [-0.2, -0.15) is 5.10 Å². The lowest BCUT2D eigenvalue weighted by molar-refractivity contribution is 0.598. The second kappa shape index (κ2) is 6.41. The molecule has 1 N–H and O–H groups in total. The van der Waals surface area contributed by atoms with E-state index >= 15 is 0 Å². The van der Waals surface area contributed by atoms with Crippen molar-refractivity contribution < 1.29 is 8.42 Å². The summed E-state index contributed by atoms with van der Waals surface area (Å²) in [5, 5.41) is 4.16. The highest BCUT2D eigenvalue weighted by molar-refractivity contribution is 9.10. The van der Waals surface area contributed by atoms with Crippen molar-refractivity contribution >= 4 is 31.6 Å². The predicted octanol–water partition coefficient (Wildman–Crippen LogP) is 3.18. The molecule has 2 rings (SSSR count). The van der Waals surface area contributed by atoms with Gasteiger partial charge in [0.25, 0.3) is 0 Å². The van der Waals surface area contributed by atoms with Crippen molar-refractivity contribution in [2.75, 3.05) is 10.5 Å². The Kier molecular flexibility index (Phi) is 4.82. The highest BCUT2D eigenvalue weighted by Crippen LogP contribution is 2.16. The third-order valence-electron chi connectivity index (χ3n) is 2.72. The number of hydrogen-bond donors (Lipinski definition) is 1. The third kappa shape index (κ3) is 4.08. The zero-order valence-corrected chi connectivity index (χ0v) is 13.5. The molecule has 20 heavy (non-hydrogen) atoms. The number of anilines is 1. The van der Waals surface area contributed by atoms with Crippen LogP contribution in [0.15, 0.2) is 41.1 Å². The number of nitrogens with zero attached hydrogens (tertiary/aromatic N) is 2. The molecule has 0 unspecified atom stereocenters. The maximum Gasteiger partial charge on any atom is 0.232 e. The highest BCUT2D eigenvalue weighted by atomic mass is 79.9. The van der Waals surface area contributed by atoms with Crippen LogP contribution in [-0.2, 0) is 10.0 Å². The lowest BCUT2D eigenvalue weighted by Gasteiger charge is -2.08. The van der Waals surface area contributed by atoms with Gasteiger partial charge in [-0.15, -0.1) is 0 Å². The molecule has 0 atom stereocenters. The molecule has 0 saturated heterocycles. The first kappa shape index (κ1) is 15.1. The van der Waals surface area contributed by atoms with E-state index in [0.717, 1.165) is 16.6 Å².